The Morgan fingerprint density at radius 2 is 0.930 bits per heavy atom. The third-order valence-electron chi connectivity index (χ3n) is 8.50. The molecule has 0 amide bonds. The van der Waals surface area contributed by atoms with Gasteiger partial charge in [-0.1, -0.05) is 127 Å². The first-order valence-electron chi connectivity index (χ1n) is 16.9. The van der Waals surface area contributed by atoms with Crippen LogP contribution in [0, 0.1) is 0 Å². The molecular formula is C42H26O. The normalized spacial score (nSPS) is 13.3. The Labute approximate surface area is 256 Å². The van der Waals surface area contributed by atoms with E-state index < -0.39 is 6.04 Å². The summed E-state index contributed by atoms with van der Waals surface area (Å²) < 4.78 is 48.0. The van der Waals surface area contributed by atoms with Gasteiger partial charge in [0.25, 0.3) is 0 Å². The van der Waals surface area contributed by atoms with E-state index >= 15 is 0 Å². The molecule has 0 aliphatic carbocycles. The molecule has 200 valence electrons. The van der Waals surface area contributed by atoms with Gasteiger partial charge in [0.2, 0.25) is 0 Å². The smallest absolute Gasteiger partial charge is 0.136 e. The zero-order valence-electron chi connectivity index (χ0n) is 28.0. The SMILES string of the molecule is [2H]c1c([2H])c([2H])c(-c2cccc(-c3c4ccccc4c(-c4ccc5oc6cc7ccccc7cc6c5c4)c4ccccc34)c2)c([2H])c1[2H]. The monoisotopic (exact) mass is 551 g/mol. The molecule has 0 spiro atoms. The molecule has 9 aromatic rings. The van der Waals surface area contributed by atoms with Crippen LogP contribution in [0.25, 0.3) is 87.6 Å². The number of rotatable bonds is 3. The molecule has 43 heavy (non-hydrogen) atoms. The molecule has 0 N–H and O–H groups in total. The maximum atomic E-state index is 8.59. The van der Waals surface area contributed by atoms with Gasteiger partial charge in [-0.2, -0.15) is 0 Å². The van der Waals surface area contributed by atoms with Gasteiger partial charge in [0.1, 0.15) is 11.2 Å². The van der Waals surface area contributed by atoms with Crippen molar-refractivity contribution in [3.05, 3.63) is 158 Å². The Bertz CT molecular complexity index is 2710. The van der Waals surface area contributed by atoms with Crippen molar-refractivity contribution in [3.8, 4) is 33.4 Å². The zero-order valence-corrected chi connectivity index (χ0v) is 23.0. The lowest BCUT2D eigenvalue weighted by Gasteiger charge is -2.18. The van der Waals surface area contributed by atoms with Gasteiger partial charge in [-0.05, 0) is 96.0 Å². The molecule has 0 saturated heterocycles. The van der Waals surface area contributed by atoms with Crippen LogP contribution in [0.4, 0.5) is 0 Å². The predicted molar refractivity (Wildman–Crippen MR) is 183 cm³/mol. The van der Waals surface area contributed by atoms with Crippen molar-refractivity contribution in [2.24, 2.45) is 0 Å². The number of hydrogen-bond acceptors (Lipinski definition) is 1. The molecule has 1 aromatic heterocycles. The standard InChI is InChI=1S/C42H26O/c1-2-11-27(12-3-1)28-15-10-16-31(23-28)41-33-17-6-8-19-35(33)42(36-20-9-7-18-34(36)41)32-21-22-39-37(25-32)38-24-29-13-4-5-14-30(29)26-40(38)43-39/h1-26H/i1D,2D,3D,11D,12D. The second-order valence-electron chi connectivity index (χ2n) is 10.9. The Morgan fingerprint density at radius 3 is 1.60 bits per heavy atom. The maximum Gasteiger partial charge on any atom is 0.136 e. The molecule has 0 radical (unpaired) electrons. The lowest BCUT2D eigenvalue weighted by atomic mass is 9.85. The predicted octanol–water partition coefficient (Wildman–Crippen LogP) is 12.0. The number of furan rings is 1. The first-order chi connectivity index (χ1) is 23.4. The van der Waals surface area contributed by atoms with Crippen LogP contribution in [-0.2, 0) is 0 Å². The summed E-state index contributed by atoms with van der Waals surface area (Å²) in [4.78, 5) is 0. The average molecular weight is 552 g/mol. The first-order valence-corrected chi connectivity index (χ1v) is 14.4. The molecule has 0 aliphatic rings. The van der Waals surface area contributed by atoms with E-state index in [1.54, 1.807) is 0 Å². The summed E-state index contributed by atoms with van der Waals surface area (Å²) in [6.07, 6.45) is 0. The van der Waals surface area contributed by atoms with E-state index in [1.807, 2.05) is 42.5 Å². The van der Waals surface area contributed by atoms with Crippen LogP contribution >= 0.6 is 0 Å². The van der Waals surface area contributed by atoms with E-state index in [0.29, 0.717) is 5.56 Å². The summed E-state index contributed by atoms with van der Waals surface area (Å²) in [6, 6.07) is 42.1. The summed E-state index contributed by atoms with van der Waals surface area (Å²) in [5, 5.41) is 8.78. The van der Waals surface area contributed by atoms with Gasteiger partial charge in [0.05, 0.1) is 6.85 Å². The van der Waals surface area contributed by atoms with Crippen LogP contribution in [0.1, 0.15) is 6.85 Å². The molecule has 0 unspecified atom stereocenters. The summed E-state index contributed by atoms with van der Waals surface area (Å²) in [5.74, 6) is 0. The molecule has 1 heterocycles. The third-order valence-corrected chi connectivity index (χ3v) is 8.50. The Balaban J connectivity index is 1.31. The van der Waals surface area contributed by atoms with E-state index in [2.05, 4.69) is 84.9 Å². The number of benzene rings is 8. The van der Waals surface area contributed by atoms with Crippen molar-refractivity contribution in [2.45, 2.75) is 0 Å². The highest BCUT2D eigenvalue weighted by Gasteiger charge is 2.18. The van der Waals surface area contributed by atoms with Gasteiger partial charge in [0, 0.05) is 10.8 Å². The van der Waals surface area contributed by atoms with E-state index in [0.717, 1.165) is 71.1 Å². The van der Waals surface area contributed by atoms with Crippen LogP contribution in [0.15, 0.2) is 162 Å². The largest absolute Gasteiger partial charge is 0.456 e. The van der Waals surface area contributed by atoms with Crippen molar-refractivity contribution in [3.63, 3.8) is 0 Å². The zero-order chi connectivity index (χ0) is 32.7. The van der Waals surface area contributed by atoms with E-state index in [-0.39, 0.29) is 29.7 Å². The fourth-order valence-electron chi connectivity index (χ4n) is 6.59. The van der Waals surface area contributed by atoms with Gasteiger partial charge in [-0.3, -0.25) is 0 Å². The van der Waals surface area contributed by atoms with Gasteiger partial charge in [-0.15, -0.1) is 0 Å². The molecule has 0 atom stereocenters. The van der Waals surface area contributed by atoms with E-state index in [1.165, 1.54) is 5.39 Å². The fourth-order valence-corrected chi connectivity index (χ4v) is 6.59. The topological polar surface area (TPSA) is 13.1 Å². The molecular weight excluding hydrogens is 520 g/mol. The van der Waals surface area contributed by atoms with Crippen LogP contribution < -0.4 is 0 Å². The van der Waals surface area contributed by atoms with Gasteiger partial charge < -0.3 is 4.42 Å². The van der Waals surface area contributed by atoms with Crippen LogP contribution in [0.5, 0.6) is 0 Å². The van der Waals surface area contributed by atoms with Crippen molar-refractivity contribution >= 4 is 54.3 Å². The molecule has 0 bridgehead atoms. The minimum Gasteiger partial charge on any atom is -0.456 e. The molecule has 9 rings (SSSR count). The van der Waals surface area contributed by atoms with E-state index in [9.17, 15) is 0 Å². The molecule has 1 nitrogen and oxygen atoms in total. The van der Waals surface area contributed by atoms with Crippen molar-refractivity contribution in [1.82, 2.24) is 0 Å². The first kappa shape index (κ1) is 19.5. The summed E-state index contributed by atoms with van der Waals surface area (Å²) >= 11 is 0. The van der Waals surface area contributed by atoms with Crippen molar-refractivity contribution in [2.75, 3.05) is 0 Å². The highest BCUT2D eigenvalue weighted by atomic mass is 16.3. The minimum atomic E-state index is -0.396. The van der Waals surface area contributed by atoms with Crippen LogP contribution in [0.2, 0.25) is 0 Å². The third kappa shape index (κ3) is 3.79. The lowest BCUT2D eigenvalue weighted by Crippen LogP contribution is -1.91. The molecule has 1 heteroatoms. The Kier molecular flexibility index (Phi) is 4.27. The number of hydrogen-bond donors (Lipinski definition) is 0. The van der Waals surface area contributed by atoms with Gasteiger partial charge in [-0.25, -0.2) is 0 Å². The summed E-state index contributed by atoms with van der Waals surface area (Å²) in [7, 11) is 0. The van der Waals surface area contributed by atoms with E-state index in [4.69, 9.17) is 11.3 Å². The van der Waals surface area contributed by atoms with Crippen LogP contribution in [-0.4, -0.2) is 0 Å². The minimum absolute atomic E-state index is 0.196. The maximum absolute atomic E-state index is 8.59. The number of fused-ring (bicyclic) bond motifs is 6. The van der Waals surface area contributed by atoms with Gasteiger partial charge in [0.15, 0.2) is 0 Å². The van der Waals surface area contributed by atoms with Crippen molar-refractivity contribution in [1.29, 1.82) is 0 Å². The second kappa shape index (κ2) is 9.44. The molecule has 8 aromatic carbocycles. The van der Waals surface area contributed by atoms with Crippen molar-refractivity contribution < 1.29 is 11.3 Å². The second-order valence-corrected chi connectivity index (χ2v) is 10.9. The van der Waals surface area contributed by atoms with Gasteiger partial charge >= 0.3 is 0 Å². The quantitative estimate of drug-likeness (QED) is 0.199. The Hall–Kier alpha value is -5.66. The average Bonchev–Trinajstić information content (AvgIpc) is 3.47. The Morgan fingerprint density at radius 1 is 0.372 bits per heavy atom. The molecule has 0 aliphatic heterocycles. The molecule has 0 saturated carbocycles. The molecule has 0 fully saturated rings. The highest BCUT2D eigenvalue weighted by Crippen LogP contribution is 2.45. The highest BCUT2D eigenvalue weighted by molar-refractivity contribution is 6.22. The summed E-state index contributed by atoms with van der Waals surface area (Å²) in [5.41, 5.74) is 6.63. The lowest BCUT2D eigenvalue weighted by molar-refractivity contribution is 0.669. The van der Waals surface area contributed by atoms with Crippen LogP contribution in [0.3, 0.4) is 0 Å². The fraction of sp³-hybridized carbons (Fsp3) is 0. The summed E-state index contributed by atoms with van der Waals surface area (Å²) in [6.45, 7) is 0.